The van der Waals surface area contributed by atoms with E-state index in [0.717, 1.165) is 32.5 Å². The molecule has 0 aromatic rings. The van der Waals surface area contributed by atoms with Gasteiger partial charge in [0.25, 0.3) is 0 Å². The lowest BCUT2D eigenvalue weighted by Crippen LogP contribution is -2.44. The van der Waals surface area contributed by atoms with Crippen LogP contribution in [-0.2, 0) is 14.3 Å². The number of halogens is 1. The fraction of sp³-hybridized carbons (Fsp3) is 0.944. The maximum absolute atomic E-state index is 14.0. The van der Waals surface area contributed by atoms with E-state index in [9.17, 15) is 9.18 Å². The van der Waals surface area contributed by atoms with Crippen LogP contribution in [0.3, 0.4) is 0 Å². The molecule has 0 aromatic heterocycles. The lowest BCUT2D eigenvalue weighted by atomic mass is 10.0. The summed E-state index contributed by atoms with van der Waals surface area (Å²) in [5.74, 6) is -0.149. The van der Waals surface area contributed by atoms with Gasteiger partial charge in [-0.05, 0) is 39.8 Å². The van der Waals surface area contributed by atoms with E-state index in [2.05, 4.69) is 17.6 Å². The molecule has 146 valence electrons. The maximum atomic E-state index is 14.0. The van der Waals surface area contributed by atoms with Crippen LogP contribution in [0.15, 0.2) is 0 Å². The Morgan fingerprint density at radius 2 is 1.75 bits per heavy atom. The smallest absolute Gasteiger partial charge is 0.219 e. The molecule has 0 aliphatic heterocycles. The van der Waals surface area contributed by atoms with Gasteiger partial charge in [0.2, 0.25) is 5.91 Å². The molecule has 0 heterocycles. The van der Waals surface area contributed by atoms with E-state index in [1.54, 1.807) is 20.8 Å². The number of hydrogen-bond acceptors (Lipinski definition) is 4. The van der Waals surface area contributed by atoms with E-state index < -0.39 is 11.8 Å². The van der Waals surface area contributed by atoms with Gasteiger partial charge in [-0.3, -0.25) is 4.79 Å². The Labute approximate surface area is 148 Å². The third-order valence-electron chi connectivity index (χ3n) is 3.35. The maximum Gasteiger partial charge on any atom is 0.219 e. The Hall–Kier alpha value is -0.720. The lowest BCUT2D eigenvalue weighted by Gasteiger charge is -2.29. The van der Waals surface area contributed by atoms with E-state index in [4.69, 9.17) is 9.47 Å². The summed E-state index contributed by atoms with van der Waals surface area (Å²) in [6, 6.07) is 0. The van der Waals surface area contributed by atoms with Crippen molar-refractivity contribution in [2.24, 2.45) is 0 Å². The number of carbonyl (C=O) groups excluding carboxylic acids is 1. The van der Waals surface area contributed by atoms with Crippen molar-refractivity contribution in [2.75, 3.05) is 39.5 Å². The molecule has 2 N–H and O–H groups in total. The van der Waals surface area contributed by atoms with Crippen molar-refractivity contribution in [1.82, 2.24) is 10.6 Å². The van der Waals surface area contributed by atoms with Crippen molar-refractivity contribution in [3.63, 3.8) is 0 Å². The lowest BCUT2D eigenvalue weighted by molar-refractivity contribution is -0.122. The topological polar surface area (TPSA) is 59.6 Å². The SMILES string of the molecule is CC.CCNCCCOCCCOC(C)(C)C(F)CNC(=O)CC. The molecule has 1 atom stereocenters. The summed E-state index contributed by atoms with van der Waals surface area (Å²) in [5.41, 5.74) is -0.911. The molecule has 0 saturated carbocycles. The largest absolute Gasteiger partial charge is 0.381 e. The Morgan fingerprint density at radius 3 is 2.33 bits per heavy atom. The predicted octanol–water partition coefficient (Wildman–Crippen LogP) is 3.08. The number of rotatable bonds is 14. The molecule has 6 heteroatoms. The zero-order valence-electron chi connectivity index (χ0n) is 16.5. The molecule has 0 spiro atoms. The van der Waals surface area contributed by atoms with Gasteiger partial charge in [-0.2, -0.15) is 0 Å². The van der Waals surface area contributed by atoms with Crippen molar-refractivity contribution in [3.05, 3.63) is 0 Å². The van der Waals surface area contributed by atoms with Gasteiger partial charge in [-0.25, -0.2) is 4.39 Å². The summed E-state index contributed by atoms with van der Waals surface area (Å²) in [4.78, 5) is 11.1. The van der Waals surface area contributed by atoms with Gasteiger partial charge in [0.15, 0.2) is 0 Å². The predicted molar refractivity (Wildman–Crippen MR) is 98.2 cm³/mol. The van der Waals surface area contributed by atoms with E-state index in [1.165, 1.54) is 0 Å². The van der Waals surface area contributed by atoms with Gasteiger partial charge < -0.3 is 20.1 Å². The molecular formula is C18H39FN2O3. The fourth-order valence-electron chi connectivity index (χ4n) is 1.74. The molecule has 0 rings (SSSR count). The van der Waals surface area contributed by atoms with Crippen molar-refractivity contribution >= 4 is 5.91 Å². The summed E-state index contributed by atoms with van der Waals surface area (Å²) in [7, 11) is 0. The minimum absolute atomic E-state index is 0.0133. The molecule has 0 fully saturated rings. The standard InChI is InChI=1S/C16H33FN2O3.C2H6/c1-5-15(20)19-13-14(17)16(3,4)22-12-8-11-21-10-7-9-18-6-2;1-2/h14,18H,5-13H2,1-4H3,(H,19,20);1-2H3. The Morgan fingerprint density at radius 1 is 1.12 bits per heavy atom. The zero-order valence-corrected chi connectivity index (χ0v) is 16.5. The van der Waals surface area contributed by atoms with Crippen molar-refractivity contribution in [1.29, 1.82) is 0 Å². The first-order valence-electron chi connectivity index (χ1n) is 9.27. The molecule has 0 aliphatic rings. The number of alkyl halides is 1. The first kappa shape index (κ1) is 25.5. The summed E-state index contributed by atoms with van der Waals surface area (Å²) >= 11 is 0. The number of hydrogen-bond donors (Lipinski definition) is 2. The van der Waals surface area contributed by atoms with Gasteiger partial charge >= 0.3 is 0 Å². The normalized spacial score (nSPS) is 12.3. The highest BCUT2D eigenvalue weighted by molar-refractivity contribution is 5.75. The second-order valence-electron chi connectivity index (χ2n) is 5.75. The van der Waals surface area contributed by atoms with E-state index in [-0.39, 0.29) is 12.5 Å². The number of amides is 1. The molecule has 5 nitrogen and oxygen atoms in total. The summed E-state index contributed by atoms with van der Waals surface area (Å²) in [6.45, 7) is 14.9. The highest BCUT2D eigenvalue weighted by atomic mass is 19.1. The Balaban J connectivity index is 0. The first-order chi connectivity index (χ1) is 11.4. The number of nitrogens with one attached hydrogen (secondary N) is 2. The van der Waals surface area contributed by atoms with E-state index >= 15 is 0 Å². The van der Waals surface area contributed by atoms with Gasteiger partial charge in [-0.15, -0.1) is 0 Å². The van der Waals surface area contributed by atoms with Crippen LogP contribution in [0.1, 0.15) is 60.8 Å². The minimum Gasteiger partial charge on any atom is -0.381 e. The second kappa shape index (κ2) is 17.1. The highest BCUT2D eigenvalue weighted by Gasteiger charge is 2.30. The van der Waals surface area contributed by atoms with Crippen LogP contribution in [-0.4, -0.2) is 57.1 Å². The number of ether oxygens (including phenoxy) is 2. The molecular weight excluding hydrogens is 311 g/mol. The molecule has 0 saturated heterocycles. The molecule has 24 heavy (non-hydrogen) atoms. The van der Waals surface area contributed by atoms with Crippen molar-refractivity contribution in [3.8, 4) is 0 Å². The van der Waals surface area contributed by atoms with Crippen LogP contribution in [0.25, 0.3) is 0 Å². The number of carbonyl (C=O) groups is 1. The summed E-state index contributed by atoms with van der Waals surface area (Å²) in [5, 5.41) is 5.78. The fourth-order valence-corrected chi connectivity index (χ4v) is 1.74. The second-order valence-corrected chi connectivity index (χ2v) is 5.75. The van der Waals surface area contributed by atoms with Crippen LogP contribution in [0.5, 0.6) is 0 Å². The highest BCUT2D eigenvalue weighted by Crippen LogP contribution is 2.18. The molecule has 0 radical (unpaired) electrons. The van der Waals surface area contributed by atoms with Gasteiger partial charge in [0, 0.05) is 26.2 Å². The Kier molecular flexibility index (Phi) is 18.2. The average molecular weight is 351 g/mol. The molecule has 1 amide bonds. The van der Waals surface area contributed by atoms with Crippen LogP contribution < -0.4 is 10.6 Å². The van der Waals surface area contributed by atoms with E-state index in [0.29, 0.717) is 19.6 Å². The van der Waals surface area contributed by atoms with E-state index in [1.807, 2.05) is 13.8 Å². The quantitative estimate of drug-likeness (QED) is 0.473. The molecule has 0 bridgehead atoms. The van der Waals surface area contributed by atoms with Crippen LogP contribution in [0.2, 0.25) is 0 Å². The molecule has 0 aliphatic carbocycles. The monoisotopic (exact) mass is 350 g/mol. The van der Waals surface area contributed by atoms with Crippen LogP contribution in [0.4, 0.5) is 4.39 Å². The van der Waals surface area contributed by atoms with Crippen molar-refractivity contribution < 1.29 is 18.7 Å². The van der Waals surface area contributed by atoms with Crippen molar-refractivity contribution in [2.45, 2.75) is 72.6 Å². The first-order valence-corrected chi connectivity index (χ1v) is 9.27. The van der Waals surface area contributed by atoms with Crippen LogP contribution >= 0.6 is 0 Å². The van der Waals surface area contributed by atoms with Crippen LogP contribution in [0, 0.1) is 0 Å². The minimum atomic E-state index is -1.23. The zero-order chi connectivity index (χ0) is 18.8. The summed E-state index contributed by atoms with van der Waals surface area (Å²) < 4.78 is 25.1. The molecule has 1 unspecified atom stereocenters. The Bertz CT molecular complexity index is 289. The third kappa shape index (κ3) is 14.8. The van der Waals surface area contributed by atoms with Gasteiger partial charge in [-0.1, -0.05) is 27.7 Å². The van der Waals surface area contributed by atoms with Gasteiger partial charge in [0.05, 0.1) is 12.1 Å². The molecule has 0 aromatic carbocycles. The third-order valence-corrected chi connectivity index (χ3v) is 3.35. The summed E-state index contributed by atoms with van der Waals surface area (Å²) in [6.07, 6.45) is 0.853. The van der Waals surface area contributed by atoms with Gasteiger partial charge in [0.1, 0.15) is 6.17 Å². The average Bonchev–Trinajstić information content (AvgIpc) is 2.59.